The van der Waals surface area contributed by atoms with Crippen LogP contribution in [-0.4, -0.2) is 33.2 Å². The van der Waals surface area contributed by atoms with Gasteiger partial charge in [0.1, 0.15) is 11.6 Å². The molecule has 2 aliphatic rings. The number of nitrogens with one attached hydrogen (secondary N) is 2. The smallest absolute Gasteiger partial charge is 0.232 e. The first-order valence-electron chi connectivity index (χ1n) is 11.5. The zero-order chi connectivity index (χ0) is 22.6. The van der Waals surface area contributed by atoms with E-state index in [0.29, 0.717) is 17.6 Å². The minimum atomic E-state index is 0.499. The third-order valence-electron chi connectivity index (χ3n) is 6.37. The third kappa shape index (κ3) is 5.22. The number of nitrogens with zero attached hydrogens (tertiary/aromatic N) is 5. The van der Waals surface area contributed by atoms with Crippen molar-refractivity contribution < 1.29 is 0 Å². The fourth-order valence-corrected chi connectivity index (χ4v) is 4.53. The van der Waals surface area contributed by atoms with Gasteiger partial charge in [0.25, 0.3) is 0 Å². The highest BCUT2D eigenvalue weighted by atomic mass is 32.1. The normalized spacial score (nSPS) is 15.9. The highest BCUT2D eigenvalue weighted by Gasteiger charge is 2.23. The Hall–Kier alpha value is -3.26. The van der Waals surface area contributed by atoms with Crippen LogP contribution < -0.4 is 20.4 Å². The molecule has 1 fully saturated rings. The van der Waals surface area contributed by atoms with E-state index in [1.165, 1.54) is 24.0 Å². The van der Waals surface area contributed by atoms with Crippen LogP contribution in [0.2, 0.25) is 0 Å². The van der Waals surface area contributed by atoms with Crippen molar-refractivity contribution in [1.82, 2.24) is 20.3 Å². The predicted octanol–water partition coefficient (Wildman–Crippen LogP) is 4.11. The van der Waals surface area contributed by atoms with E-state index in [1.54, 1.807) is 6.20 Å². The molecule has 2 aliphatic heterocycles. The van der Waals surface area contributed by atoms with Crippen LogP contribution in [0.5, 0.6) is 0 Å². The van der Waals surface area contributed by atoms with Crippen LogP contribution in [0, 0.1) is 5.92 Å². The molecule has 7 nitrogen and oxygen atoms in total. The molecule has 8 heteroatoms. The van der Waals surface area contributed by atoms with Gasteiger partial charge in [0.05, 0.1) is 0 Å². The van der Waals surface area contributed by atoms with Crippen LogP contribution in [0.1, 0.15) is 36.5 Å². The van der Waals surface area contributed by atoms with Crippen LogP contribution in [-0.2, 0) is 19.6 Å². The van der Waals surface area contributed by atoms with E-state index in [0.717, 1.165) is 49.3 Å². The van der Waals surface area contributed by atoms with Crippen LogP contribution in [0.3, 0.4) is 0 Å². The van der Waals surface area contributed by atoms with Crippen molar-refractivity contribution in [3.8, 4) is 0 Å². The molecule has 3 aromatic rings. The van der Waals surface area contributed by atoms with E-state index < -0.39 is 0 Å². The maximum atomic E-state index is 5.54. The number of hydrogen-bond donors (Lipinski definition) is 2. The van der Waals surface area contributed by atoms with E-state index in [9.17, 15) is 0 Å². The van der Waals surface area contributed by atoms with Gasteiger partial charge >= 0.3 is 0 Å². The fraction of sp³-hybridized carbons (Fsp3) is 0.360. The quantitative estimate of drug-likeness (QED) is 0.553. The van der Waals surface area contributed by atoms with E-state index >= 15 is 0 Å². The summed E-state index contributed by atoms with van der Waals surface area (Å²) >= 11 is 5.54. The summed E-state index contributed by atoms with van der Waals surface area (Å²) in [7, 11) is 0. The van der Waals surface area contributed by atoms with Crippen molar-refractivity contribution in [1.29, 1.82) is 0 Å². The van der Waals surface area contributed by atoms with Gasteiger partial charge in [0.2, 0.25) is 5.95 Å². The van der Waals surface area contributed by atoms with Gasteiger partial charge < -0.3 is 20.4 Å². The van der Waals surface area contributed by atoms with Gasteiger partial charge in [-0.1, -0.05) is 37.3 Å². The maximum absolute atomic E-state index is 5.54. The summed E-state index contributed by atoms with van der Waals surface area (Å²) in [5.74, 6) is 3.17. The van der Waals surface area contributed by atoms with E-state index in [2.05, 4.69) is 62.7 Å². The van der Waals surface area contributed by atoms with Crippen molar-refractivity contribution in [2.45, 2.75) is 39.4 Å². The lowest BCUT2D eigenvalue weighted by Crippen LogP contribution is -2.34. The number of rotatable bonds is 5. The number of hydrogen-bond acceptors (Lipinski definition) is 6. The summed E-state index contributed by atoms with van der Waals surface area (Å²) < 4.78 is 0. The molecule has 4 heterocycles. The Kier molecular flexibility index (Phi) is 6.35. The molecule has 0 radical (unpaired) electrons. The van der Waals surface area contributed by atoms with Gasteiger partial charge in [0.15, 0.2) is 5.11 Å². The van der Waals surface area contributed by atoms with Gasteiger partial charge in [-0.3, -0.25) is 4.98 Å². The largest absolute Gasteiger partial charge is 0.358 e. The maximum Gasteiger partial charge on any atom is 0.232 e. The summed E-state index contributed by atoms with van der Waals surface area (Å²) in [5, 5.41) is 6.94. The first-order chi connectivity index (χ1) is 16.1. The number of anilines is 3. The third-order valence-corrected chi connectivity index (χ3v) is 6.62. The first kappa shape index (κ1) is 21.6. The van der Waals surface area contributed by atoms with Gasteiger partial charge in [-0.15, -0.1) is 0 Å². The van der Waals surface area contributed by atoms with E-state index in [-0.39, 0.29) is 0 Å². The minimum Gasteiger partial charge on any atom is -0.358 e. The summed E-state index contributed by atoms with van der Waals surface area (Å²) in [6, 6.07) is 14.6. The molecule has 2 aromatic heterocycles. The minimum absolute atomic E-state index is 0.499. The molecule has 1 aromatic carbocycles. The Morgan fingerprint density at radius 1 is 1.00 bits per heavy atom. The average molecular weight is 460 g/mol. The molecular weight excluding hydrogens is 430 g/mol. The number of fused-ring (bicyclic) bond motifs is 1. The number of benzene rings is 1. The molecule has 170 valence electrons. The molecule has 1 saturated heterocycles. The topological polar surface area (TPSA) is 69.2 Å². The summed E-state index contributed by atoms with van der Waals surface area (Å²) in [6.45, 7) is 6.66. The molecule has 2 N–H and O–H groups in total. The van der Waals surface area contributed by atoms with Crippen molar-refractivity contribution in [2.75, 3.05) is 28.2 Å². The van der Waals surface area contributed by atoms with Gasteiger partial charge in [-0.25, -0.2) is 0 Å². The van der Waals surface area contributed by atoms with E-state index in [4.69, 9.17) is 22.2 Å². The summed E-state index contributed by atoms with van der Waals surface area (Å²) in [6.07, 6.45) is 5.96. The SMILES string of the molecule is CC1CCN(c2cc(N3Cc4ccccc4C3)nc(NC(=S)NCc3cccnc3)n2)CC1. The van der Waals surface area contributed by atoms with Crippen molar-refractivity contribution >= 4 is 34.9 Å². The summed E-state index contributed by atoms with van der Waals surface area (Å²) in [5.41, 5.74) is 3.77. The molecule has 0 atom stereocenters. The number of piperidine rings is 1. The molecule has 0 bridgehead atoms. The summed E-state index contributed by atoms with van der Waals surface area (Å²) in [4.78, 5) is 18.5. The Labute approximate surface area is 200 Å². The lowest BCUT2D eigenvalue weighted by molar-refractivity contribution is 0.436. The van der Waals surface area contributed by atoms with Crippen LogP contribution in [0.15, 0.2) is 54.9 Å². The Balaban J connectivity index is 1.35. The zero-order valence-corrected chi connectivity index (χ0v) is 19.7. The first-order valence-corrected chi connectivity index (χ1v) is 11.9. The molecular formula is C25H29N7S. The lowest BCUT2D eigenvalue weighted by atomic mass is 9.99. The average Bonchev–Trinajstić information content (AvgIpc) is 3.28. The highest BCUT2D eigenvalue weighted by molar-refractivity contribution is 7.80. The standard InChI is InChI=1S/C25H29N7S/c1-18-8-11-31(12-9-18)22-13-23(32-16-20-6-2-3-7-21(20)17-32)29-24(28-22)30-25(33)27-15-19-5-4-10-26-14-19/h2-7,10,13-14,18H,8-9,11-12,15-17H2,1H3,(H2,27,28,29,30,33). The molecule has 0 unspecified atom stereocenters. The highest BCUT2D eigenvalue weighted by Crippen LogP contribution is 2.31. The second-order valence-electron chi connectivity index (χ2n) is 8.87. The molecule has 0 amide bonds. The molecule has 5 rings (SSSR count). The van der Waals surface area contributed by atoms with Gasteiger partial charge in [-0.2, -0.15) is 9.97 Å². The molecule has 33 heavy (non-hydrogen) atoms. The predicted molar refractivity (Wildman–Crippen MR) is 136 cm³/mol. The lowest BCUT2D eigenvalue weighted by Gasteiger charge is -2.32. The van der Waals surface area contributed by atoms with Crippen molar-refractivity contribution in [2.24, 2.45) is 5.92 Å². The zero-order valence-electron chi connectivity index (χ0n) is 18.9. The molecule has 0 saturated carbocycles. The Bertz CT molecular complexity index is 1090. The number of thiocarbonyl (C=S) groups is 1. The van der Waals surface area contributed by atoms with E-state index in [1.807, 2.05) is 18.3 Å². The Morgan fingerprint density at radius 2 is 1.70 bits per heavy atom. The van der Waals surface area contributed by atoms with Crippen molar-refractivity contribution in [3.63, 3.8) is 0 Å². The number of pyridine rings is 1. The molecule has 0 spiro atoms. The van der Waals surface area contributed by atoms with Crippen LogP contribution >= 0.6 is 12.2 Å². The molecule has 0 aliphatic carbocycles. The number of aromatic nitrogens is 3. The second-order valence-corrected chi connectivity index (χ2v) is 9.28. The van der Waals surface area contributed by atoms with Gasteiger partial charge in [-0.05, 0) is 53.7 Å². The monoisotopic (exact) mass is 459 g/mol. The van der Waals surface area contributed by atoms with Crippen LogP contribution in [0.4, 0.5) is 17.6 Å². The van der Waals surface area contributed by atoms with Gasteiger partial charge in [0, 0.05) is 51.2 Å². The van der Waals surface area contributed by atoms with Crippen molar-refractivity contribution in [3.05, 3.63) is 71.5 Å². The Morgan fingerprint density at radius 3 is 2.36 bits per heavy atom. The second kappa shape index (κ2) is 9.70. The fourth-order valence-electron chi connectivity index (χ4n) is 4.37. The van der Waals surface area contributed by atoms with Crippen LogP contribution in [0.25, 0.3) is 0 Å².